The average Bonchev–Trinajstić information content (AvgIpc) is 2.80. The number of rotatable bonds is 5. The van der Waals surface area contributed by atoms with Gasteiger partial charge in [0.15, 0.2) is 12.4 Å². The van der Waals surface area contributed by atoms with Crippen LogP contribution < -0.4 is 0 Å². The highest BCUT2D eigenvalue weighted by Gasteiger charge is 2.25. The van der Waals surface area contributed by atoms with Crippen LogP contribution in [-0.2, 0) is 16.1 Å². The van der Waals surface area contributed by atoms with Gasteiger partial charge in [0.1, 0.15) is 5.56 Å². The first-order valence-electron chi connectivity index (χ1n) is 8.39. The molecule has 0 atom stereocenters. The molecule has 0 aliphatic carbocycles. The minimum Gasteiger partial charge on any atom is -0.454 e. The van der Waals surface area contributed by atoms with E-state index in [-0.39, 0.29) is 12.4 Å². The summed E-state index contributed by atoms with van der Waals surface area (Å²) in [6.07, 6.45) is 0. The molecule has 0 N–H and O–H groups in total. The van der Waals surface area contributed by atoms with Crippen LogP contribution >= 0.6 is 0 Å². The summed E-state index contributed by atoms with van der Waals surface area (Å²) in [4.78, 5) is 24.3. The quantitative estimate of drug-likeness (QED) is 0.779. The van der Waals surface area contributed by atoms with E-state index in [1.807, 2.05) is 38.1 Å². The second-order valence-corrected chi connectivity index (χ2v) is 7.44. The van der Waals surface area contributed by atoms with Crippen molar-refractivity contribution in [2.45, 2.75) is 48.1 Å². The number of aryl methyl sites for hydroxylation is 2. The minimum atomic E-state index is -0.528. The fourth-order valence-electron chi connectivity index (χ4n) is 2.43. The smallest absolute Gasteiger partial charge is 0.342 e. The van der Waals surface area contributed by atoms with Gasteiger partial charge in [-0.2, -0.15) is 5.10 Å². The van der Waals surface area contributed by atoms with Crippen molar-refractivity contribution >= 4 is 11.8 Å². The third-order valence-electron chi connectivity index (χ3n) is 4.21. The number of hydrogen-bond donors (Lipinski definition) is 0. The van der Waals surface area contributed by atoms with Crippen LogP contribution in [-0.4, -0.2) is 28.1 Å². The second-order valence-electron chi connectivity index (χ2n) is 7.44. The van der Waals surface area contributed by atoms with E-state index >= 15 is 0 Å². The monoisotopic (exact) mass is 342 g/mol. The predicted octanol–water partition coefficient (Wildman–Crippen LogP) is 3.63. The van der Waals surface area contributed by atoms with Gasteiger partial charge in [0.05, 0.1) is 17.9 Å². The minimum absolute atomic E-state index is 0.108. The van der Waals surface area contributed by atoms with Crippen LogP contribution in [0.15, 0.2) is 24.3 Å². The number of esters is 1. The topological polar surface area (TPSA) is 61.2 Å². The highest BCUT2D eigenvalue weighted by atomic mass is 16.5. The maximum atomic E-state index is 12.4. The fourth-order valence-corrected chi connectivity index (χ4v) is 2.43. The first-order chi connectivity index (χ1) is 11.6. The summed E-state index contributed by atoms with van der Waals surface area (Å²) in [5, 5.41) is 4.46. The van der Waals surface area contributed by atoms with Crippen LogP contribution in [0.5, 0.6) is 0 Å². The molecule has 5 heteroatoms. The molecule has 0 bridgehead atoms. The van der Waals surface area contributed by atoms with E-state index in [1.54, 1.807) is 32.4 Å². The molecule has 134 valence electrons. The number of aromatic nitrogens is 2. The van der Waals surface area contributed by atoms with Gasteiger partial charge in [-0.1, -0.05) is 50.6 Å². The molecule has 1 aromatic heterocycles. The first kappa shape index (κ1) is 18.9. The van der Waals surface area contributed by atoms with Crippen molar-refractivity contribution in [3.8, 4) is 0 Å². The standard InChI is InChI=1S/C20H26N2O3/c1-13-7-9-16(10-8-13)11-22-15(3)18(14(2)21-22)19(24)25-12-17(23)20(4,5)6/h7-10H,11-12H2,1-6H3. The van der Waals surface area contributed by atoms with E-state index in [2.05, 4.69) is 5.10 Å². The SMILES string of the molecule is Cc1ccc(Cn2nc(C)c(C(=O)OCC(=O)C(C)(C)C)c2C)cc1. The van der Waals surface area contributed by atoms with E-state index in [9.17, 15) is 9.59 Å². The van der Waals surface area contributed by atoms with Crippen LogP contribution in [0.4, 0.5) is 0 Å². The number of benzene rings is 1. The third kappa shape index (κ3) is 4.56. The van der Waals surface area contributed by atoms with Crippen LogP contribution in [0.1, 0.15) is 53.6 Å². The van der Waals surface area contributed by atoms with Gasteiger partial charge in [-0.05, 0) is 26.3 Å². The van der Waals surface area contributed by atoms with Gasteiger partial charge in [0.2, 0.25) is 0 Å². The van der Waals surface area contributed by atoms with E-state index in [1.165, 1.54) is 5.56 Å². The number of carbonyl (C=O) groups excluding carboxylic acids is 2. The zero-order valence-electron chi connectivity index (χ0n) is 15.8. The highest BCUT2D eigenvalue weighted by Crippen LogP contribution is 2.18. The van der Waals surface area contributed by atoms with E-state index in [4.69, 9.17) is 4.74 Å². The number of hydrogen-bond acceptors (Lipinski definition) is 4. The number of nitrogens with zero attached hydrogens (tertiary/aromatic N) is 2. The van der Waals surface area contributed by atoms with Crippen molar-refractivity contribution in [2.75, 3.05) is 6.61 Å². The van der Waals surface area contributed by atoms with Gasteiger partial charge in [0.25, 0.3) is 0 Å². The van der Waals surface area contributed by atoms with Crippen molar-refractivity contribution < 1.29 is 14.3 Å². The van der Waals surface area contributed by atoms with Crippen LogP contribution in [0.25, 0.3) is 0 Å². The second kappa shape index (κ2) is 7.21. The molecule has 25 heavy (non-hydrogen) atoms. The fraction of sp³-hybridized carbons (Fsp3) is 0.450. The molecular formula is C20H26N2O3. The molecule has 0 amide bonds. The summed E-state index contributed by atoms with van der Waals surface area (Å²) in [6, 6.07) is 8.19. The lowest BCUT2D eigenvalue weighted by molar-refractivity contribution is -0.129. The molecule has 0 aliphatic rings. The van der Waals surface area contributed by atoms with Gasteiger partial charge in [-0.3, -0.25) is 9.48 Å². The number of Topliss-reactive ketones (excluding diaryl/α,β-unsaturated/α-hetero) is 1. The van der Waals surface area contributed by atoms with Crippen molar-refractivity contribution in [2.24, 2.45) is 5.41 Å². The number of ether oxygens (including phenoxy) is 1. The van der Waals surface area contributed by atoms with Crippen molar-refractivity contribution in [3.63, 3.8) is 0 Å². The van der Waals surface area contributed by atoms with Crippen molar-refractivity contribution in [1.29, 1.82) is 0 Å². The lowest BCUT2D eigenvalue weighted by Gasteiger charge is -2.16. The number of carbonyl (C=O) groups is 2. The molecule has 2 rings (SSSR count). The normalized spacial score (nSPS) is 11.4. The first-order valence-corrected chi connectivity index (χ1v) is 8.39. The van der Waals surface area contributed by atoms with Crippen molar-refractivity contribution in [1.82, 2.24) is 9.78 Å². The van der Waals surface area contributed by atoms with Crippen LogP contribution in [0.2, 0.25) is 0 Å². The summed E-state index contributed by atoms with van der Waals surface area (Å²) in [5.41, 5.74) is 3.57. The van der Waals surface area contributed by atoms with Gasteiger partial charge in [-0.25, -0.2) is 4.79 Å². The zero-order valence-corrected chi connectivity index (χ0v) is 15.8. The number of ketones is 1. The van der Waals surface area contributed by atoms with E-state index in [0.717, 1.165) is 11.3 Å². The van der Waals surface area contributed by atoms with Gasteiger partial charge in [0, 0.05) is 5.41 Å². The molecule has 0 aliphatic heterocycles. The molecule has 0 radical (unpaired) electrons. The Hall–Kier alpha value is -2.43. The maximum absolute atomic E-state index is 12.4. The maximum Gasteiger partial charge on any atom is 0.342 e. The average molecular weight is 342 g/mol. The Kier molecular flexibility index (Phi) is 5.45. The predicted molar refractivity (Wildman–Crippen MR) is 96.7 cm³/mol. The summed E-state index contributed by atoms with van der Waals surface area (Å²) in [5.74, 6) is -0.606. The Morgan fingerprint density at radius 2 is 1.68 bits per heavy atom. The summed E-state index contributed by atoms with van der Waals surface area (Å²) in [6.45, 7) is 11.4. The molecule has 0 saturated carbocycles. The van der Waals surface area contributed by atoms with E-state index in [0.29, 0.717) is 17.8 Å². The summed E-state index contributed by atoms with van der Waals surface area (Å²) >= 11 is 0. The molecule has 0 saturated heterocycles. The molecule has 2 aromatic rings. The Labute approximate surface area is 149 Å². The van der Waals surface area contributed by atoms with Gasteiger partial charge in [-0.15, -0.1) is 0 Å². The molecule has 1 aromatic carbocycles. The lowest BCUT2D eigenvalue weighted by Crippen LogP contribution is -2.26. The molecule has 0 unspecified atom stereocenters. The molecule has 5 nitrogen and oxygen atoms in total. The molecular weight excluding hydrogens is 316 g/mol. The Bertz CT molecular complexity index is 781. The summed E-state index contributed by atoms with van der Waals surface area (Å²) < 4.78 is 7.01. The van der Waals surface area contributed by atoms with Gasteiger partial charge < -0.3 is 4.74 Å². The summed E-state index contributed by atoms with van der Waals surface area (Å²) in [7, 11) is 0. The zero-order chi connectivity index (χ0) is 18.8. The van der Waals surface area contributed by atoms with Gasteiger partial charge >= 0.3 is 5.97 Å². The Morgan fingerprint density at radius 3 is 2.24 bits per heavy atom. The van der Waals surface area contributed by atoms with Crippen LogP contribution in [0.3, 0.4) is 0 Å². The largest absolute Gasteiger partial charge is 0.454 e. The lowest BCUT2D eigenvalue weighted by atomic mass is 9.91. The van der Waals surface area contributed by atoms with E-state index < -0.39 is 11.4 Å². The highest BCUT2D eigenvalue weighted by molar-refractivity contribution is 5.94. The molecule has 0 fully saturated rings. The molecule has 1 heterocycles. The van der Waals surface area contributed by atoms with Crippen LogP contribution in [0, 0.1) is 26.2 Å². The Morgan fingerprint density at radius 1 is 1.08 bits per heavy atom. The molecule has 0 spiro atoms. The Balaban J connectivity index is 2.14. The van der Waals surface area contributed by atoms with Crippen molar-refractivity contribution in [3.05, 3.63) is 52.3 Å². The third-order valence-corrected chi connectivity index (χ3v) is 4.21.